The summed E-state index contributed by atoms with van der Waals surface area (Å²) in [7, 11) is 0. The number of carbonyl (C=O) groups excluding carboxylic acids is 2. The predicted octanol–water partition coefficient (Wildman–Crippen LogP) is 4.45. The molecule has 0 bridgehead atoms. The fraction of sp³-hybridized carbons (Fsp3) is 0.154. The van der Waals surface area contributed by atoms with Crippen LogP contribution in [0.2, 0.25) is 5.02 Å². The number of carbonyl (C=O) groups is 2. The van der Waals surface area contributed by atoms with Gasteiger partial charge in [-0.2, -0.15) is 0 Å². The second-order valence-electron chi connectivity index (χ2n) is 7.82. The first-order valence-electron chi connectivity index (χ1n) is 10.6. The van der Waals surface area contributed by atoms with Crippen molar-refractivity contribution in [3.8, 4) is 0 Å². The third-order valence-corrected chi connectivity index (χ3v) is 6.18. The molecular formula is C26H22ClN3O2. The van der Waals surface area contributed by atoms with Crippen LogP contribution in [0.4, 0.5) is 11.4 Å². The summed E-state index contributed by atoms with van der Waals surface area (Å²) in [5.41, 5.74) is 3.38. The average molecular weight is 444 g/mol. The monoisotopic (exact) mass is 443 g/mol. The molecule has 0 aromatic heterocycles. The Kier molecular flexibility index (Phi) is 5.41. The van der Waals surface area contributed by atoms with E-state index in [1.54, 1.807) is 24.3 Å². The van der Waals surface area contributed by atoms with E-state index in [1.165, 1.54) is 10.6 Å². The standard InChI is InChI=1S/C26H22ClN3O2/c27-20-11-13-22(14-12-20)30-25(31)23(19-7-3-1-4-8-19)24(26(30)32)29-17-15-28(16-18-29)21-9-5-2-6-10-21/h1-14H,15-18H2. The van der Waals surface area contributed by atoms with Crippen LogP contribution in [0.3, 0.4) is 0 Å². The maximum absolute atomic E-state index is 13.6. The fourth-order valence-electron chi connectivity index (χ4n) is 4.33. The van der Waals surface area contributed by atoms with Gasteiger partial charge in [-0.25, -0.2) is 4.90 Å². The van der Waals surface area contributed by atoms with E-state index in [2.05, 4.69) is 21.9 Å². The zero-order chi connectivity index (χ0) is 22.1. The smallest absolute Gasteiger partial charge is 0.282 e. The summed E-state index contributed by atoms with van der Waals surface area (Å²) in [6.07, 6.45) is 0. The van der Waals surface area contributed by atoms with Crippen molar-refractivity contribution in [1.82, 2.24) is 4.90 Å². The lowest BCUT2D eigenvalue weighted by molar-refractivity contribution is -0.120. The van der Waals surface area contributed by atoms with Crippen LogP contribution in [0.25, 0.3) is 5.57 Å². The first kappa shape index (κ1) is 20.3. The van der Waals surface area contributed by atoms with Gasteiger partial charge in [0.25, 0.3) is 11.8 Å². The Morgan fingerprint density at radius 3 is 1.78 bits per heavy atom. The Labute approximate surface area is 192 Å². The molecule has 3 aromatic rings. The molecule has 2 heterocycles. The molecule has 0 radical (unpaired) electrons. The first-order valence-corrected chi connectivity index (χ1v) is 11.0. The van der Waals surface area contributed by atoms with Crippen LogP contribution in [0.15, 0.2) is 90.6 Å². The lowest BCUT2D eigenvalue weighted by Gasteiger charge is -2.37. The van der Waals surface area contributed by atoms with E-state index < -0.39 is 0 Å². The number of nitrogens with zero attached hydrogens (tertiary/aromatic N) is 3. The molecule has 0 spiro atoms. The molecule has 2 aliphatic heterocycles. The summed E-state index contributed by atoms with van der Waals surface area (Å²) >= 11 is 6.02. The molecule has 1 saturated heterocycles. The Morgan fingerprint density at radius 1 is 0.594 bits per heavy atom. The number of benzene rings is 3. The summed E-state index contributed by atoms with van der Waals surface area (Å²) in [5.74, 6) is -0.589. The Hall–Kier alpha value is -3.57. The van der Waals surface area contributed by atoms with Crippen LogP contribution in [0, 0.1) is 0 Å². The maximum atomic E-state index is 13.6. The van der Waals surface area contributed by atoms with Crippen molar-refractivity contribution in [1.29, 1.82) is 0 Å². The van der Waals surface area contributed by atoms with Crippen LogP contribution < -0.4 is 9.80 Å². The van der Waals surface area contributed by atoms with E-state index >= 15 is 0 Å². The summed E-state index contributed by atoms with van der Waals surface area (Å²) < 4.78 is 0. The Bertz CT molecular complexity index is 1170. The number of rotatable bonds is 4. The molecule has 160 valence electrons. The van der Waals surface area contributed by atoms with Crippen molar-refractivity contribution in [2.45, 2.75) is 0 Å². The second-order valence-corrected chi connectivity index (χ2v) is 8.26. The zero-order valence-corrected chi connectivity index (χ0v) is 18.2. The van der Waals surface area contributed by atoms with Gasteiger partial charge in [0, 0.05) is 36.9 Å². The third-order valence-electron chi connectivity index (χ3n) is 5.92. The van der Waals surface area contributed by atoms with E-state index in [4.69, 9.17) is 11.6 Å². The van der Waals surface area contributed by atoms with Crippen LogP contribution in [-0.2, 0) is 9.59 Å². The summed E-state index contributed by atoms with van der Waals surface area (Å²) in [5, 5.41) is 0.557. The molecule has 1 fully saturated rings. The topological polar surface area (TPSA) is 43.9 Å². The van der Waals surface area contributed by atoms with E-state index in [9.17, 15) is 9.59 Å². The third kappa shape index (κ3) is 3.65. The van der Waals surface area contributed by atoms with Gasteiger partial charge in [0.1, 0.15) is 5.70 Å². The number of anilines is 2. The molecular weight excluding hydrogens is 422 g/mol. The van der Waals surface area contributed by atoms with Gasteiger partial charge in [0.15, 0.2) is 0 Å². The molecule has 5 rings (SSSR count). The van der Waals surface area contributed by atoms with Crippen molar-refractivity contribution >= 4 is 40.4 Å². The van der Waals surface area contributed by atoms with Gasteiger partial charge in [0.2, 0.25) is 0 Å². The van der Waals surface area contributed by atoms with Crippen LogP contribution in [-0.4, -0.2) is 42.9 Å². The molecule has 0 aliphatic carbocycles. The quantitative estimate of drug-likeness (QED) is 0.559. The van der Waals surface area contributed by atoms with Gasteiger partial charge in [0.05, 0.1) is 11.3 Å². The molecule has 3 aromatic carbocycles. The molecule has 2 aliphatic rings. The summed E-state index contributed by atoms with van der Waals surface area (Å²) in [6, 6.07) is 26.5. The van der Waals surface area contributed by atoms with E-state index in [1.807, 2.05) is 48.5 Å². The minimum atomic E-state index is -0.302. The average Bonchev–Trinajstić information content (AvgIpc) is 3.11. The minimum absolute atomic E-state index is 0.288. The SMILES string of the molecule is O=C1C(c2ccccc2)=C(N2CCN(c3ccccc3)CC2)C(=O)N1c1ccc(Cl)cc1. The number of amides is 2. The second kappa shape index (κ2) is 8.52. The first-order chi connectivity index (χ1) is 15.6. The minimum Gasteiger partial charge on any atom is -0.368 e. The number of hydrogen-bond donors (Lipinski definition) is 0. The molecule has 0 atom stereocenters. The van der Waals surface area contributed by atoms with Crippen molar-refractivity contribution in [3.63, 3.8) is 0 Å². The molecule has 2 amide bonds. The Balaban J connectivity index is 1.49. The van der Waals surface area contributed by atoms with Crippen LogP contribution in [0.5, 0.6) is 0 Å². The largest absolute Gasteiger partial charge is 0.368 e. The van der Waals surface area contributed by atoms with Crippen LogP contribution >= 0.6 is 11.6 Å². The van der Waals surface area contributed by atoms with Crippen molar-refractivity contribution < 1.29 is 9.59 Å². The van der Waals surface area contributed by atoms with Crippen molar-refractivity contribution in [3.05, 3.63) is 101 Å². The lowest BCUT2D eigenvalue weighted by Crippen LogP contribution is -2.47. The lowest BCUT2D eigenvalue weighted by atomic mass is 10.0. The molecule has 5 nitrogen and oxygen atoms in total. The van der Waals surface area contributed by atoms with Gasteiger partial charge >= 0.3 is 0 Å². The highest BCUT2D eigenvalue weighted by Crippen LogP contribution is 2.35. The van der Waals surface area contributed by atoms with Crippen molar-refractivity contribution in [2.24, 2.45) is 0 Å². The number of imide groups is 1. The zero-order valence-electron chi connectivity index (χ0n) is 17.4. The summed E-state index contributed by atoms with van der Waals surface area (Å²) in [6.45, 7) is 2.87. The van der Waals surface area contributed by atoms with Gasteiger partial charge < -0.3 is 9.80 Å². The van der Waals surface area contributed by atoms with Gasteiger partial charge in [-0.1, -0.05) is 60.1 Å². The highest BCUT2D eigenvalue weighted by atomic mass is 35.5. The maximum Gasteiger partial charge on any atom is 0.282 e. The van der Waals surface area contributed by atoms with Crippen LogP contribution in [0.1, 0.15) is 5.56 Å². The number of halogens is 1. The van der Waals surface area contributed by atoms with Gasteiger partial charge in [-0.3, -0.25) is 9.59 Å². The van der Waals surface area contributed by atoms with Gasteiger partial charge in [-0.15, -0.1) is 0 Å². The molecule has 6 heteroatoms. The number of hydrogen-bond acceptors (Lipinski definition) is 4. The Morgan fingerprint density at radius 2 is 1.16 bits per heavy atom. The molecule has 0 unspecified atom stereocenters. The highest BCUT2D eigenvalue weighted by molar-refractivity contribution is 6.45. The number of para-hydroxylation sites is 1. The molecule has 0 N–H and O–H groups in total. The van der Waals surface area contributed by atoms with Crippen molar-refractivity contribution in [2.75, 3.05) is 36.0 Å². The molecule has 0 saturated carbocycles. The molecule has 32 heavy (non-hydrogen) atoms. The van der Waals surface area contributed by atoms with E-state index in [0.29, 0.717) is 35.1 Å². The number of piperazine rings is 1. The highest BCUT2D eigenvalue weighted by Gasteiger charge is 2.43. The normalized spacial score (nSPS) is 16.8. The predicted molar refractivity (Wildman–Crippen MR) is 128 cm³/mol. The van der Waals surface area contributed by atoms with E-state index in [0.717, 1.165) is 18.7 Å². The van der Waals surface area contributed by atoms with Gasteiger partial charge in [-0.05, 0) is 42.0 Å². The fourth-order valence-corrected chi connectivity index (χ4v) is 4.45. The summed E-state index contributed by atoms with van der Waals surface area (Å²) in [4.78, 5) is 32.7. The van der Waals surface area contributed by atoms with E-state index in [-0.39, 0.29) is 11.8 Å².